The van der Waals surface area contributed by atoms with Gasteiger partial charge >= 0.3 is 0 Å². The van der Waals surface area contributed by atoms with Gasteiger partial charge in [-0.15, -0.1) is 0 Å². The average Bonchev–Trinajstić information content (AvgIpc) is 3.28. The van der Waals surface area contributed by atoms with Gasteiger partial charge in [-0.1, -0.05) is 187 Å². The standard InChI is InChI=1S/C49H93NO13/c1-3-5-7-9-11-12-13-14-15-16-17-18-19-20-21-22-23-24-25-27-29-31-33-41(54)50-37(38(53)32-30-28-26-10-8-6-4-2)36-60-48-46(59)44(57)47(40(35-52)62-48)63-49-45(58)43(56)42(55)39(34-51)61-49/h30,32,37-40,42-49,51-53,55-59H,3-29,31,33-36H2,1-2H3,(H,50,54)/b32-30+. The van der Waals surface area contributed by atoms with Crippen LogP contribution in [0, 0.1) is 0 Å². The molecule has 0 aromatic carbocycles. The van der Waals surface area contributed by atoms with Gasteiger partial charge in [0.2, 0.25) is 5.91 Å². The van der Waals surface area contributed by atoms with Gasteiger partial charge in [-0.05, 0) is 19.3 Å². The quantitative estimate of drug-likeness (QED) is 0.0241. The first kappa shape index (κ1) is 57.9. The normalized spacial score (nSPS) is 27.5. The van der Waals surface area contributed by atoms with Crippen LogP contribution >= 0.6 is 0 Å². The summed E-state index contributed by atoms with van der Waals surface area (Å²) >= 11 is 0. The highest BCUT2D eigenvalue weighted by molar-refractivity contribution is 5.76. The fourth-order valence-corrected chi connectivity index (χ4v) is 8.53. The van der Waals surface area contributed by atoms with Gasteiger partial charge in [0.25, 0.3) is 0 Å². The highest BCUT2D eigenvalue weighted by atomic mass is 16.7. The number of carbonyl (C=O) groups is 1. The number of unbranched alkanes of at least 4 members (excludes halogenated alkanes) is 26. The number of hydrogen-bond acceptors (Lipinski definition) is 13. The van der Waals surface area contributed by atoms with Crippen LogP contribution in [0.15, 0.2) is 12.2 Å². The maximum absolute atomic E-state index is 13.1. The maximum Gasteiger partial charge on any atom is 0.220 e. The Labute approximate surface area is 380 Å². The Morgan fingerprint density at radius 3 is 1.46 bits per heavy atom. The van der Waals surface area contributed by atoms with Gasteiger partial charge in [-0.3, -0.25) is 4.79 Å². The highest BCUT2D eigenvalue weighted by Crippen LogP contribution is 2.30. The van der Waals surface area contributed by atoms with Crippen molar-refractivity contribution in [2.75, 3.05) is 19.8 Å². The third-order valence-corrected chi connectivity index (χ3v) is 12.7. The van der Waals surface area contributed by atoms with E-state index in [4.69, 9.17) is 18.9 Å². The number of rotatable bonds is 39. The van der Waals surface area contributed by atoms with Crippen molar-refractivity contribution in [2.24, 2.45) is 0 Å². The minimum atomic E-state index is -1.78. The van der Waals surface area contributed by atoms with Crippen LogP contribution < -0.4 is 5.32 Å². The van der Waals surface area contributed by atoms with Crippen molar-refractivity contribution in [3.63, 3.8) is 0 Å². The van der Waals surface area contributed by atoms with Gasteiger partial charge in [0.05, 0.1) is 32.0 Å². The van der Waals surface area contributed by atoms with Crippen LogP contribution in [0.1, 0.15) is 200 Å². The topological polar surface area (TPSA) is 228 Å². The molecule has 2 saturated heterocycles. The van der Waals surface area contributed by atoms with E-state index in [0.717, 1.165) is 51.4 Å². The lowest BCUT2D eigenvalue weighted by Crippen LogP contribution is -2.65. The number of aliphatic hydroxyl groups excluding tert-OH is 8. The summed E-state index contributed by atoms with van der Waals surface area (Å²) in [4.78, 5) is 13.1. The van der Waals surface area contributed by atoms with Crippen molar-refractivity contribution in [1.29, 1.82) is 0 Å². The summed E-state index contributed by atoms with van der Waals surface area (Å²) in [6.45, 7) is 2.73. The minimum Gasteiger partial charge on any atom is -0.394 e. The van der Waals surface area contributed by atoms with E-state index in [1.807, 2.05) is 6.08 Å². The third kappa shape index (κ3) is 24.4. The average molecular weight is 904 g/mol. The Kier molecular flexibility index (Phi) is 33.8. The molecule has 2 rings (SSSR count). The molecule has 0 aromatic rings. The highest BCUT2D eigenvalue weighted by Gasteiger charge is 2.51. The summed E-state index contributed by atoms with van der Waals surface area (Å²) in [6, 6.07) is -0.905. The Bertz CT molecular complexity index is 1120. The predicted octanol–water partition coefficient (Wildman–Crippen LogP) is 6.38. The van der Waals surface area contributed by atoms with Crippen molar-refractivity contribution >= 4 is 5.91 Å². The third-order valence-electron chi connectivity index (χ3n) is 12.7. The molecule has 14 nitrogen and oxygen atoms in total. The van der Waals surface area contributed by atoms with Crippen LogP contribution in [-0.2, 0) is 23.7 Å². The molecule has 9 N–H and O–H groups in total. The molecule has 12 unspecified atom stereocenters. The molecule has 0 radical (unpaired) electrons. The lowest BCUT2D eigenvalue weighted by molar-refractivity contribution is -0.359. The lowest BCUT2D eigenvalue weighted by atomic mass is 9.97. The molecule has 63 heavy (non-hydrogen) atoms. The molecule has 0 aromatic heterocycles. The van der Waals surface area contributed by atoms with E-state index in [2.05, 4.69) is 19.2 Å². The maximum atomic E-state index is 13.1. The zero-order valence-electron chi connectivity index (χ0n) is 39.3. The molecule has 1 amide bonds. The molecule has 12 atom stereocenters. The van der Waals surface area contributed by atoms with E-state index >= 15 is 0 Å². The van der Waals surface area contributed by atoms with Crippen molar-refractivity contribution in [3.05, 3.63) is 12.2 Å². The van der Waals surface area contributed by atoms with Gasteiger partial charge in [-0.2, -0.15) is 0 Å². The second-order valence-corrected chi connectivity index (χ2v) is 18.3. The Hall–Kier alpha value is -1.27. The smallest absolute Gasteiger partial charge is 0.220 e. The summed E-state index contributed by atoms with van der Waals surface area (Å²) < 4.78 is 22.6. The number of allylic oxidation sites excluding steroid dienone is 1. The van der Waals surface area contributed by atoms with Crippen molar-refractivity contribution in [3.8, 4) is 0 Å². The summed E-state index contributed by atoms with van der Waals surface area (Å²) in [7, 11) is 0. The first-order valence-corrected chi connectivity index (χ1v) is 25.4. The molecular weight excluding hydrogens is 811 g/mol. The fraction of sp³-hybridized carbons (Fsp3) is 0.939. The monoisotopic (exact) mass is 904 g/mol. The van der Waals surface area contributed by atoms with Gasteiger partial charge in [0, 0.05) is 6.42 Å². The van der Waals surface area contributed by atoms with E-state index in [0.29, 0.717) is 6.42 Å². The van der Waals surface area contributed by atoms with Gasteiger partial charge in [0.1, 0.15) is 48.8 Å². The van der Waals surface area contributed by atoms with Gasteiger partial charge in [0.15, 0.2) is 12.6 Å². The van der Waals surface area contributed by atoms with Crippen LogP contribution in [0.4, 0.5) is 0 Å². The second kappa shape index (κ2) is 36.8. The van der Waals surface area contributed by atoms with Crippen LogP contribution in [0.25, 0.3) is 0 Å². The summed E-state index contributed by atoms with van der Waals surface area (Å²) in [5, 5.41) is 86.4. The van der Waals surface area contributed by atoms with E-state index in [1.54, 1.807) is 6.08 Å². The number of nitrogens with one attached hydrogen (secondary N) is 1. The van der Waals surface area contributed by atoms with Crippen molar-refractivity contribution in [1.82, 2.24) is 5.32 Å². The number of carbonyl (C=O) groups excluding carboxylic acids is 1. The molecule has 2 aliphatic heterocycles. The molecule has 14 heteroatoms. The molecular formula is C49H93NO13. The van der Waals surface area contributed by atoms with E-state index < -0.39 is 86.8 Å². The summed E-state index contributed by atoms with van der Waals surface area (Å²) in [5.41, 5.74) is 0. The summed E-state index contributed by atoms with van der Waals surface area (Å²) in [5.74, 6) is -0.241. The molecule has 372 valence electrons. The van der Waals surface area contributed by atoms with Crippen molar-refractivity contribution < 1.29 is 64.6 Å². The predicted molar refractivity (Wildman–Crippen MR) is 245 cm³/mol. The zero-order valence-corrected chi connectivity index (χ0v) is 39.3. The van der Waals surface area contributed by atoms with Crippen LogP contribution in [0.5, 0.6) is 0 Å². The first-order chi connectivity index (χ1) is 30.6. The van der Waals surface area contributed by atoms with Crippen LogP contribution in [-0.4, -0.2) is 140 Å². The van der Waals surface area contributed by atoms with Gasteiger partial charge in [-0.25, -0.2) is 0 Å². The van der Waals surface area contributed by atoms with Crippen LogP contribution in [0.2, 0.25) is 0 Å². The second-order valence-electron chi connectivity index (χ2n) is 18.3. The zero-order chi connectivity index (χ0) is 46.1. The van der Waals surface area contributed by atoms with E-state index in [-0.39, 0.29) is 18.9 Å². The number of aliphatic hydroxyl groups is 8. The Morgan fingerprint density at radius 2 is 0.984 bits per heavy atom. The van der Waals surface area contributed by atoms with Gasteiger partial charge < -0.3 is 65.1 Å². The fourth-order valence-electron chi connectivity index (χ4n) is 8.53. The molecule has 2 fully saturated rings. The SMILES string of the molecule is CCCCCCC/C=C/C(O)C(COC1OC(CO)C(OC2OC(CO)C(O)C(O)C2O)C(O)C1O)NC(=O)CCCCCCCCCCCCCCCCCCCCCCCC. The molecule has 2 heterocycles. The molecule has 0 saturated carbocycles. The molecule has 0 aliphatic carbocycles. The van der Waals surface area contributed by atoms with Crippen LogP contribution in [0.3, 0.4) is 0 Å². The van der Waals surface area contributed by atoms with E-state index in [1.165, 1.54) is 122 Å². The first-order valence-electron chi connectivity index (χ1n) is 25.4. The minimum absolute atomic E-state index is 0.241. The molecule has 0 bridgehead atoms. The van der Waals surface area contributed by atoms with Crippen molar-refractivity contribution in [2.45, 2.75) is 274 Å². The number of amides is 1. The number of ether oxygens (including phenoxy) is 4. The van der Waals surface area contributed by atoms with E-state index in [9.17, 15) is 45.6 Å². The summed E-state index contributed by atoms with van der Waals surface area (Å²) in [6.07, 6.45) is 21.5. The molecule has 2 aliphatic rings. The molecule has 0 spiro atoms. The Morgan fingerprint density at radius 1 is 0.556 bits per heavy atom. The lowest BCUT2D eigenvalue weighted by Gasteiger charge is -2.46. The number of hydrogen-bond donors (Lipinski definition) is 9. The Balaban J connectivity index is 1.72. The largest absolute Gasteiger partial charge is 0.394 e.